The van der Waals surface area contributed by atoms with Crippen molar-refractivity contribution < 1.29 is 13.2 Å². The third-order valence-electron chi connectivity index (χ3n) is 2.78. The van der Waals surface area contributed by atoms with Gasteiger partial charge in [-0.05, 0) is 18.6 Å². The fraction of sp³-hybridized carbons (Fsp3) is 0.571. The molecule has 0 heterocycles. The van der Waals surface area contributed by atoms with Gasteiger partial charge in [0.1, 0.15) is 0 Å². The van der Waals surface area contributed by atoms with E-state index in [0.29, 0.717) is 19.7 Å². The van der Waals surface area contributed by atoms with Crippen molar-refractivity contribution >= 4 is 21.4 Å². The van der Waals surface area contributed by atoms with Gasteiger partial charge in [0.25, 0.3) is 0 Å². The van der Waals surface area contributed by atoms with Crippen molar-refractivity contribution in [3.05, 3.63) is 29.3 Å². The maximum Gasteiger partial charge on any atom is 0.181 e. The highest BCUT2D eigenvalue weighted by Gasteiger charge is 2.16. The van der Waals surface area contributed by atoms with E-state index in [0.717, 1.165) is 19.4 Å². The standard InChI is InChI=1S/C14H22ClNO3S/c1-2-3-10-19-11-8-16-9-12-20(17,18)14-7-5-4-6-13(14)15/h4-7,16H,2-3,8-12H2,1H3. The van der Waals surface area contributed by atoms with Crippen molar-refractivity contribution in [1.29, 1.82) is 0 Å². The number of ether oxygens (including phenoxy) is 1. The Morgan fingerprint density at radius 1 is 1.20 bits per heavy atom. The Labute approximate surface area is 126 Å². The molecule has 1 rings (SSSR count). The molecule has 4 nitrogen and oxygen atoms in total. The van der Waals surface area contributed by atoms with Gasteiger partial charge in [-0.3, -0.25) is 0 Å². The summed E-state index contributed by atoms with van der Waals surface area (Å²) in [7, 11) is -3.33. The number of nitrogens with one attached hydrogen (secondary N) is 1. The van der Waals surface area contributed by atoms with Crippen LogP contribution in [0.1, 0.15) is 19.8 Å². The van der Waals surface area contributed by atoms with Gasteiger partial charge >= 0.3 is 0 Å². The van der Waals surface area contributed by atoms with E-state index >= 15 is 0 Å². The number of hydrogen-bond acceptors (Lipinski definition) is 4. The van der Waals surface area contributed by atoms with E-state index in [2.05, 4.69) is 12.2 Å². The summed E-state index contributed by atoms with van der Waals surface area (Å²) in [6, 6.07) is 6.51. The van der Waals surface area contributed by atoms with Crippen LogP contribution in [0.3, 0.4) is 0 Å². The molecule has 0 amide bonds. The van der Waals surface area contributed by atoms with Gasteiger partial charge in [0.2, 0.25) is 0 Å². The van der Waals surface area contributed by atoms with Crippen LogP contribution < -0.4 is 5.32 Å². The first-order valence-electron chi connectivity index (χ1n) is 6.83. The normalized spacial score (nSPS) is 11.7. The highest BCUT2D eigenvalue weighted by atomic mass is 35.5. The Morgan fingerprint density at radius 2 is 1.95 bits per heavy atom. The molecule has 114 valence electrons. The molecule has 1 aromatic rings. The summed E-state index contributed by atoms with van der Waals surface area (Å²) in [5, 5.41) is 3.33. The molecule has 0 saturated heterocycles. The maximum atomic E-state index is 12.1. The van der Waals surface area contributed by atoms with Crippen LogP contribution in [0.5, 0.6) is 0 Å². The smallest absolute Gasteiger partial charge is 0.181 e. The number of sulfone groups is 1. The maximum absolute atomic E-state index is 12.1. The number of rotatable bonds is 10. The van der Waals surface area contributed by atoms with E-state index in [1.807, 2.05) is 0 Å². The first kappa shape index (κ1) is 17.4. The minimum absolute atomic E-state index is 0.0334. The monoisotopic (exact) mass is 319 g/mol. The summed E-state index contributed by atoms with van der Waals surface area (Å²) < 4.78 is 29.5. The van der Waals surface area contributed by atoms with Crippen LogP contribution in [0.4, 0.5) is 0 Å². The first-order valence-corrected chi connectivity index (χ1v) is 8.86. The van der Waals surface area contributed by atoms with Gasteiger partial charge in [-0.1, -0.05) is 37.1 Å². The number of halogens is 1. The topological polar surface area (TPSA) is 55.4 Å². The second kappa shape index (κ2) is 9.34. The Hall–Kier alpha value is -0.620. The zero-order valence-corrected chi connectivity index (χ0v) is 13.3. The van der Waals surface area contributed by atoms with Crippen LogP contribution in [0.2, 0.25) is 5.02 Å². The highest BCUT2D eigenvalue weighted by molar-refractivity contribution is 7.91. The Morgan fingerprint density at radius 3 is 2.65 bits per heavy atom. The third kappa shape index (κ3) is 6.22. The van der Waals surface area contributed by atoms with E-state index in [1.165, 1.54) is 6.07 Å². The van der Waals surface area contributed by atoms with Crippen molar-refractivity contribution in [2.24, 2.45) is 0 Å². The zero-order valence-electron chi connectivity index (χ0n) is 11.8. The van der Waals surface area contributed by atoms with Crippen LogP contribution >= 0.6 is 11.6 Å². The molecule has 0 aromatic heterocycles. The highest BCUT2D eigenvalue weighted by Crippen LogP contribution is 2.21. The second-order valence-electron chi connectivity index (χ2n) is 4.47. The van der Waals surface area contributed by atoms with Gasteiger partial charge in [-0.2, -0.15) is 0 Å². The predicted molar refractivity (Wildman–Crippen MR) is 82.1 cm³/mol. The fourth-order valence-corrected chi connectivity index (χ4v) is 3.40. The Bertz CT molecular complexity index is 491. The van der Waals surface area contributed by atoms with E-state index in [-0.39, 0.29) is 15.7 Å². The number of benzene rings is 1. The molecule has 0 saturated carbocycles. The SMILES string of the molecule is CCCCOCCNCCS(=O)(=O)c1ccccc1Cl. The van der Waals surface area contributed by atoms with Gasteiger partial charge in [-0.15, -0.1) is 0 Å². The lowest BCUT2D eigenvalue weighted by molar-refractivity contribution is 0.133. The fourth-order valence-electron chi connectivity index (χ4n) is 1.63. The summed E-state index contributed by atoms with van der Waals surface area (Å²) >= 11 is 5.90. The van der Waals surface area contributed by atoms with E-state index in [9.17, 15) is 8.42 Å². The summed E-state index contributed by atoms with van der Waals surface area (Å²) in [5.74, 6) is 0.0334. The molecule has 0 fully saturated rings. The van der Waals surface area contributed by atoms with Crippen molar-refractivity contribution in [2.75, 3.05) is 32.1 Å². The van der Waals surface area contributed by atoms with Crippen molar-refractivity contribution in [2.45, 2.75) is 24.7 Å². The van der Waals surface area contributed by atoms with Gasteiger partial charge in [-0.25, -0.2) is 8.42 Å². The van der Waals surface area contributed by atoms with Crippen molar-refractivity contribution in [3.63, 3.8) is 0 Å². The van der Waals surface area contributed by atoms with Crippen molar-refractivity contribution in [3.8, 4) is 0 Å². The van der Waals surface area contributed by atoms with Crippen LogP contribution in [0.25, 0.3) is 0 Å². The lowest BCUT2D eigenvalue weighted by Crippen LogP contribution is -2.26. The minimum Gasteiger partial charge on any atom is -0.380 e. The molecule has 0 spiro atoms. The van der Waals surface area contributed by atoms with E-state index in [1.54, 1.807) is 18.2 Å². The van der Waals surface area contributed by atoms with Gasteiger partial charge < -0.3 is 10.1 Å². The van der Waals surface area contributed by atoms with Crippen molar-refractivity contribution in [1.82, 2.24) is 5.32 Å². The average Bonchev–Trinajstić information content (AvgIpc) is 2.42. The molecular weight excluding hydrogens is 298 g/mol. The molecule has 20 heavy (non-hydrogen) atoms. The number of hydrogen-bond donors (Lipinski definition) is 1. The molecule has 0 aliphatic heterocycles. The molecule has 0 radical (unpaired) electrons. The summed E-state index contributed by atoms with van der Waals surface area (Å²) in [4.78, 5) is 0.197. The molecule has 0 unspecified atom stereocenters. The largest absolute Gasteiger partial charge is 0.380 e. The van der Waals surface area contributed by atoms with Crippen LogP contribution in [-0.2, 0) is 14.6 Å². The second-order valence-corrected chi connectivity index (χ2v) is 6.95. The number of unbranched alkanes of at least 4 members (excludes halogenated alkanes) is 1. The minimum atomic E-state index is -3.33. The molecule has 0 bridgehead atoms. The van der Waals surface area contributed by atoms with E-state index in [4.69, 9.17) is 16.3 Å². The first-order chi connectivity index (χ1) is 9.58. The molecule has 1 aromatic carbocycles. The average molecular weight is 320 g/mol. The lowest BCUT2D eigenvalue weighted by atomic mass is 10.4. The van der Waals surface area contributed by atoms with Crippen LogP contribution in [0, 0.1) is 0 Å². The van der Waals surface area contributed by atoms with Gasteiger partial charge in [0, 0.05) is 19.7 Å². The summed E-state index contributed by atoms with van der Waals surface area (Å²) in [6.07, 6.45) is 2.17. The van der Waals surface area contributed by atoms with Crippen LogP contribution in [-0.4, -0.2) is 40.5 Å². The zero-order chi connectivity index (χ0) is 14.8. The third-order valence-corrected chi connectivity index (χ3v) is 4.99. The molecule has 0 aliphatic carbocycles. The molecule has 0 atom stereocenters. The van der Waals surface area contributed by atoms with E-state index < -0.39 is 9.84 Å². The molecule has 1 N–H and O–H groups in total. The molecule has 0 aliphatic rings. The van der Waals surface area contributed by atoms with Crippen LogP contribution in [0.15, 0.2) is 29.2 Å². The Balaban J connectivity index is 2.26. The Kier molecular flexibility index (Phi) is 8.14. The lowest BCUT2D eigenvalue weighted by Gasteiger charge is -2.08. The predicted octanol–water partition coefficient (Wildman–Crippen LogP) is 2.52. The quantitative estimate of drug-likeness (QED) is 0.673. The summed E-state index contributed by atoms with van der Waals surface area (Å²) in [5.41, 5.74) is 0. The summed E-state index contributed by atoms with van der Waals surface area (Å²) in [6.45, 7) is 4.52. The van der Waals surface area contributed by atoms with Gasteiger partial charge in [0.15, 0.2) is 9.84 Å². The molecule has 6 heteroatoms. The van der Waals surface area contributed by atoms with Gasteiger partial charge in [0.05, 0.1) is 22.3 Å². The molecular formula is C14H22ClNO3S.